The Kier molecular flexibility index (Phi) is 4.35. The molecule has 0 aromatic heterocycles. The Hall–Kier alpha value is -1.99. The first-order valence-electron chi connectivity index (χ1n) is 5.59. The Morgan fingerprint density at radius 3 is 2.61 bits per heavy atom. The number of nitrogens with two attached hydrogens (primary N) is 1. The van der Waals surface area contributed by atoms with Gasteiger partial charge in [0.05, 0.1) is 12.8 Å². The number of amides is 1. The molecule has 0 aliphatic carbocycles. The molecule has 1 aromatic rings. The zero-order valence-corrected chi connectivity index (χ0v) is 11.2. The second-order valence-corrected chi connectivity index (χ2v) is 4.89. The maximum Gasteiger partial charge on any atom is 0.428 e. The SMILES string of the molecule is COC(=O)N(N)c1cccc(C#CC(C)(C)C)c1. The van der Waals surface area contributed by atoms with E-state index in [1.54, 1.807) is 18.2 Å². The van der Waals surface area contributed by atoms with Crippen molar-refractivity contribution in [3.63, 3.8) is 0 Å². The van der Waals surface area contributed by atoms with Gasteiger partial charge in [0.25, 0.3) is 0 Å². The van der Waals surface area contributed by atoms with Crippen LogP contribution in [0.15, 0.2) is 24.3 Å². The smallest absolute Gasteiger partial charge is 0.428 e. The van der Waals surface area contributed by atoms with Crippen molar-refractivity contribution in [2.75, 3.05) is 12.1 Å². The van der Waals surface area contributed by atoms with Gasteiger partial charge < -0.3 is 4.74 Å². The predicted octanol–water partition coefficient (Wildman–Crippen LogP) is 2.53. The van der Waals surface area contributed by atoms with Crippen LogP contribution in [0, 0.1) is 17.3 Å². The Balaban J connectivity index is 2.99. The quantitative estimate of drug-likeness (QED) is 0.358. The molecular weight excluding hydrogens is 228 g/mol. The van der Waals surface area contributed by atoms with E-state index in [1.165, 1.54) is 7.11 Å². The average Bonchev–Trinajstić information content (AvgIpc) is 2.34. The van der Waals surface area contributed by atoms with E-state index < -0.39 is 6.09 Å². The number of nitrogens with zero attached hydrogens (tertiary/aromatic N) is 1. The number of benzene rings is 1. The van der Waals surface area contributed by atoms with Crippen LogP contribution < -0.4 is 10.9 Å². The van der Waals surface area contributed by atoms with E-state index >= 15 is 0 Å². The van der Waals surface area contributed by atoms with Gasteiger partial charge in [-0.25, -0.2) is 15.6 Å². The van der Waals surface area contributed by atoms with Crippen molar-refractivity contribution in [2.24, 2.45) is 11.3 Å². The van der Waals surface area contributed by atoms with Crippen LogP contribution in [0.2, 0.25) is 0 Å². The Labute approximate surface area is 108 Å². The lowest BCUT2D eigenvalue weighted by Gasteiger charge is -2.14. The van der Waals surface area contributed by atoms with Crippen LogP contribution in [0.4, 0.5) is 10.5 Å². The second kappa shape index (κ2) is 5.56. The first-order chi connectivity index (χ1) is 8.33. The fraction of sp³-hybridized carbons (Fsp3) is 0.357. The van der Waals surface area contributed by atoms with Crippen molar-refractivity contribution in [3.8, 4) is 11.8 Å². The van der Waals surface area contributed by atoms with Crippen LogP contribution in [-0.2, 0) is 4.74 Å². The van der Waals surface area contributed by atoms with Gasteiger partial charge in [-0.3, -0.25) is 0 Å². The van der Waals surface area contributed by atoms with Crippen LogP contribution >= 0.6 is 0 Å². The highest BCUT2D eigenvalue weighted by atomic mass is 16.5. The van der Waals surface area contributed by atoms with Crippen molar-refractivity contribution in [2.45, 2.75) is 20.8 Å². The summed E-state index contributed by atoms with van der Waals surface area (Å²) in [6.07, 6.45) is -0.615. The van der Waals surface area contributed by atoms with Crippen LogP contribution in [0.3, 0.4) is 0 Å². The minimum Gasteiger partial charge on any atom is -0.452 e. The third-order valence-electron chi connectivity index (χ3n) is 2.08. The number of hydrogen-bond acceptors (Lipinski definition) is 3. The van der Waals surface area contributed by atoms with Crippen LogP contribution in [0.1, 0.15) is 26.3 Å². The standard InChI is InChI=1S/C14H18N2O2/c1-14(2,3)9-8-11-6-5-7-12(10-11)16(15)13(17)18-4/h5-7,10H,15H2,1-4H3. The number of anilines is 1. The van der Waals surface area contributed by atoms with Crippen molar-refractivity contribution in [1.29, 1.82) is 0 Å². The van der Waals surface area contributed by atoms with Gasteiger partial charge in [-0.2, -0.15) is 0 Å². The third-order valence-corrected chi connectivity index (χ3v) is 2.08. The molecule has 1 rings (SSSR count). The average molecular weight is 246 g/mol. The molecule has 4 nitrogen and oxygen atoms in total. The number of methoxy groups -OCH3 is 1. The summed E-state index contributed by atoms with van der Waals surface area (Å²) in [6.45, 7) is 6.11. The first kappa shape index (κ1) is 14.1. The second-order valence-electron chi connectivity index (χ2n) is 4.89. The normalized spacial score (nSPS) is 10.3. The van der Waals surface area contributed by atoms with Gasteiger partial charge >= 0.3 is 6.09 Å². The van der Waals surface area contributed by atoms with E-state index in [4.69, 9.17) is 5.84 Å². The Bertz CT molecular complexity index is 492. The molecular formula is C14H18N2O2. The molecule has 2 N–H and O–H groups in total. The largest absolute Gasteiger partial charge is 0.452 e. The number of carbonyl (C=O) groups excluding carboxylic acids is 1. The third kappa shape index (κ3) is 4.11. The summed E-state index contributed by atoms with van der Waals surface area (Å²) < 4.78 is 4.55. The van der Waals surface area contributed by atoms with Crippen LogP contribution in [0.25, 0.3) is 0 Å². The summed E-state index contributed by atoms with van der Waals surface area (Å²) in [5.74, 6) is 11.8. The molecule has 0 spiro atoms. The molecule has 0 aliphatic rings. The molecule has 0 radical (unpaired) electrons. The first-order valence-corrected chi connectivity index (χ1v) is 5.59. The van der Waals surface area contributed by atoms with Gasteiger partial charge in [0.15, 0.2) is 0 Å². The zero-order valence-electron chi connectivity index (χ0n) is 11.2. The molecule has 1 aromatic carbocycles. The number of carbonyl (C=O) groups is 1. The van der Waals surface area contributed by atoms with Gasteiger partial charge in [0.1, 0.15) is 0 Å². The fourth-order valence-corrected chi connectivity index (χ4v) is 1.20. The van der Waals surface area contributed by atoms with E-state index in [0.29, 0.717) is 5.69 Å². The lowest BCUT2D eigenvalue weighted by molar-refractivity contribution is 0.178. The lowest BCUT2D eigenvalue weighted by Crippen LogP contribution is -2.37. The molecule has 0 heterocycles. The zero-order chi connectivity index (χ0) is 13.8. The van der Waals surface area contributed by atoms with Crippen molar-refractivity contribution < 1.29 is 9.53 Å². The van der Waals surface area contributed by atoms with Gasteiger partial charge in [-0.15, -0.1) is 0 Å². The minimum atomic E-state index is -0.615. The Morgan fingerprint density at radius 1 is 1.39 bits per heavy atom. The van der Waals surface area contributed by atoms with E-state index in [2.05, 4.69) is 16.6 Å². The van der Waals surface area contributed by atoms with Gasteiger partial charge in [-0.05, 0) is 39.0 Å². The highest BCUT2D eigenvalue weighted by molar-refractivity contribution is 5.86. The maximum atomic E-state index is 11.3. The molecule has 0 aliphatic heterocycles. The monoisotopic (exact) mass is 246 g/mol. The molecule has 0 saturated carbocycles. The highest BCUT2D eigenvalue weighted by Gasteiger charge is 2.11. The van der Waals surface area contributed by atoms with E-state index in [-0.39, 0.29) is 5.41 Å². The van der Waals surface area contributed by atoms with Gasteiger partial charge in [0.2, 0.25) is 0 Å². The predicted molar refractivity (Wildman–Crippen MR) is 71.8 cm³/mol. The molecule has 0 bridgehead atoms. The molecule has 0 saturated heterocycles. The summed E-state index contributed by atoms with van der Waals surface area (Å²) in [6, 6.07) is 7.13. The molecule has 1 amide bonds. The summed E-state index contributed by atoms with van der Waals surface area (Å²) in [7, 11) is 1.28. The van der Waals surface area contributed by atoms with Crippen molar-refractivity contribution in [3.05, 3.63) is 29.8 Å². The van der Waals surface area contributed by atoms with E-state index in [1.807, 2.05) is 26.8 Å². The summed E-state index contributed by atoms with van der Waals surface area (Å²) in [4.78, 5) is 11.3. The van der Waals surface area contributed by atoms with E-state index in [9.17, 15) is 4.79 Å². The number of hydrazine groups is 1. The van der Waals surface area contributed by atoms with Crippen molar-refractivity contribution in [1.82, 2.24) is 0 Å². The topological polar surface area (TPSA) is 55.6 Å². The van der Waals surface area contributed by atoms with Crippen LogP contribution in [0.5, 0.6) is 0 Å². The highest BCUT2D eigenvalue weighted by Crippen LogP contribution is 2.15. The maximum absolute atomic E-state index is 11.3. The number of rotatable bonds is 1. The molecule has 18 heavy (non-hydrogen) atoms. The number of ether oxygens (including phenoxy) is 1. The minimum absolute atomic E-state index is 0.0687. The summed E-state index contributed by atoms with van der Waals surface area (Å²) in [5.41, 5.74) is 1.28. The van der Waals surface area contributed by atoms with Crippen molar-refractivity contribution >= 4 is 11.8 Å². The summed E-state index contributed by atoms with van der Waals surface area (Å²) in [5, 5.41) is 0.947. The number of hydrogen-bond donors (Lipinski definition) is 1. The molecule has 0 atom stereocenters. The van der Waals surface area contributed by atoms with Gasteiger partial charge in [0, 0.05) is 11.0 Å². The lowest BCUT2D eigenvalue weighted by atomic mass is 9.97. The molecule has 4 heteroatoms. The Morgan fingerprint density at radius 2 is 2.06 bits per heavy atom. The summed E-state index contributed by atoms with van der Waals surface area (Å²) >= 11 is 0. The fourth-order valence-electron chi connectivity index (χ4n) is 1.20. The molecule has 0 unspecified atom stereocenters. The molecule has 0 fully saturated rings. The van der Waals surface area contributed by atoms with Crippen LogP contribution in [-0.4, -0.2) is 13.2 Å². The molecule has 96 valence electrons. The van der Waals surface area contributed by atoms with E-state index in [0.717, 1.165) is 10.6 Å². The van der Waals surface area contributed by atoms with Gasteiger partial charge in [-0.1, -0.05) is 17.9 Å².